The summed E-state index contributed by atoms with van der Waals surface area (Å²) in [6.45, 7) is 15.9. The number of nitrogens with zero attached hydrogens (tertiary/aromatic N) is 6. The Morgan fingerprint density at radius 1 is 0.569 bits per heavy atom. The van der Waals surface area contributed by atoms with Crippen LogP contribution in [0.5, 0.6) is 0 Å². The fraction of sp³-hybridized carbons (Fsp3) is 0.509. The molecule has 4 fully saturated rings. The number of nitriles is 3. The Kier molecular flexibility index (Phi) is 21.2. The first-order valence-electron chi connectivity index (χ1n) is 24.2. The highest BCUT2D eigenvalue weighted by Crippen LogP contribution is 2.30. The van der Waals surface area contributed by atoms with E-state index in [4.69, 9.17) is 15.8 Å². The molecule has 4 aliphatic rings. The molecule has 65 heavy (non-hydrogen) atoms. The summed E-state index contributed by atoms with van der Waals surface area (Å²) in [5.41, 5.74) is 7.47. The summed E-state index contributed by atoms with van der Waals surface area (Å²) >= 11 is 0. The zero-order chi connectivity index (χ0) is 46.4. The van der Waals surface area contributed by atoms with Gasteiger partial charge in [0.1, 0.15) is 0 Å². The average molecular weight is 896 g/mol. The largest absolute Gasteiger partial charge is 0.316 e. The van der Waals surface area contributed by atoms with E-state index in [0.29, 0.717) is 28.6 Å². The number of benzene rings is 4. The number of nitrogens with one attached hydrogen (secondary N) is 1. The van der Waals surface area contributed by atoms with Crippen molar-refractivity contribution < 1.29 is 8.42 Å². The highest BCUT2D eigenvalue weighted by Gasteiger charge is 2.23. The maximum Gasteiger partial charge on any atom is 0.175 e. The number of sulfone groups is 1. The van der Waals surface area contributed by atoms with Crippen molar-refractivity contribution in [2.75, 3.05) is 78.8 Å². The lowest BCUT2D eigenvalue weighted by Crippen LogP contribution is -2.34. The summed E-state index contributed by atoms with van der Waals surface area (Å²) < 4.78 is 23.2. The number of likely N-dealkylation sites (tertiary alicyclic amines) is 3. The Balaban J connectivity index is 0.000000164. The highest BCUT2D eigenvalue weighted by molar-refractivity contribution is 7.90. The summed E-state index contributed by atoms with van der Waals surface area (Å²) in [6, 6.07) is 38.2. The molecule has 4 aromatic carbocycles. The Morgan fingerprint density at radius 3 is 1.40 bits per heavy atom. The van der Waals surface area contributed by atoms with E-state index < -0.39 is 9.84 Å². The van der Waals surface area contributed by atoms with Crippen LogP contribution in [-0.4, -0.2) is 102 Å². The van der Waals surface area contributed by atoms with Gasteiger partial charge in [-0.3, -0.25) is 0 Å². The first-order chi connectivity index (χ1) is 31.5. The van der Waals surface area contributed by atoms with Gasteiger partial charge in [-0.1, -0.05) is 62.4 Å². The Labute approximate surface area is 392 Å². The second-order valence-electron chi connectivity index (χ2n) is 18.5. The lowest BCUT2D eigenvalue weighted by atomic mass is 9.90. The topological polar surface area (TPSA) is 127 Å². The van der Waals surface area contributed by atoms with Gasteiger partial charge < -0.3 is 20.0 Å². The maximum atomic E-state index is 11.6. The van der Waals surface area contributed by atoms with Crippen LogP contribution in [0.15, 0.2) is 102 Å². The van der Waals surface area contributed by atoms with Gasteiger partial charge in [-0.15, -0.1) is 0 Å². The second kappa shape index (κ2) is 26.9. The van der Waals surface area contributed by atoms with E-state index >= 15 is 0 Å². The zero-order valence-electron chi connectivity index (χ0n) is 39.6. The summed E-state index contributed by atoms with van der Waals surface area (Å²) in [6.07, 6.45) is 13.6. The van der Waals surface area contributed by atoms with Gasteiger partial charge in [0.25, 0.3) is 0 Å². The van der Waals surface area contributed by atoms with Gasteiger partial charge in [-0.2, -0.15) is 15.8 Å². The Hall–Kier alpha value is -4.86. The predicted octanol–water partition coefficient (Wildman–Crippen LogP) is 10.2. The molecule has 1 N–H and O–H groups in total. The fourth-order valence-electron chi connectivity index (χ4n) is 9.85. The van der Waals surface area contributed by atoms with Gasteiger partial charge in [0.15, 0.2) is 9.84 Å². The smallest absolute Gasteiger partial charge is 0.175 e. The van der Waals surface area contributed by atoms with E-state index in [2.05, 4.69) is 89.5 Å². The average Bonchev–Trinajstić information content (AvgIpc) is 3.35. The van der Waals surface area contributed by atoms with Crippen molar-refractivity contribution in [3.63, 3.8) is 0 Å². The van der Waals surface area contributed by atoms with E-state index in [-0.39, 0.29) is 0 Å². The van der Waals surface area contributed by atoms with E-state index in [1.54, 1.807) is 6.07 Å². The van der Waals surface area contributed by atoms with Gasteiger partial charge in [0.2, 0.25) is 0 Å². The molecule has 4 heterocycles. The van der Waals surface area contributed by atoms with Gasteiger partial charge in [0, 0.05) is 32.4 Å². The molecule has 0 radical (unpaired) electrons. The molecule has 0 aromatic heterocycles. The van der Waals surface area contributed by atoms with Crippen LogP contribution in [0.1, 0.15) is 141 Å². The van der Waals surface area contributed by atoms with Crippen molar-refractivity contribution in [1.82, 2.24) is 20.0 Å². The lowest BCUT2D eigenvalue weighted by Gasteiger charge is -2.32. The molecule has 10 heteroatoms. The molecule has 4 aromatic rings. The third-order valence-electron chi connectivity index (χ3n) is 13.2. The Morgan fingerprint density at radius 2 is 0.985 bits per heavy atom. The lowest BCUT2D eigenvalue weighted by molar-refractivity contribution is 0.208. The summed E-state index contributed by atoms with van der Waals surface area (Å²) in [5.74, 6) is 2.29. The van der Waals surface area contributed by atoms with Crippen LogP contribution >= 0.6 is 0 Å². The highest BCUT2D eigenvalue weighted by atomic mass is 32.2. The standard InChI is InChI=1S/C15H20N2.C15H23NO2S.C13H16N2.C12H14N2/c1-2-8-17-9-4-7-15(12-17)14-6-3-5-13(10-14)11-16;1-3-9-16-10-5-7-14(12-16)13-6-4-8-15(11-13)19(2,17)18;1-15-7-3-6-13(10-15)12-5-2-4-11(8-12)9-14;13-8-10-3-1-4-11(7-10)12-5-2-6-14-9-12/h3,5-6,10,15H,2,4,7-9,12H2,1H3;4,6,8,11,14H,3,5,7,9-10,12H2,1-2H3;2,4-5,8,13H,3,6-7,10H2,1H3;1,3-4,7,12,14H,2,5-6,9H2/t15-;14-;13-;12-/m1111/s1. The van der Waals surface area contributed by atoms with Gasteiger partial charge in [-0.25, -0.2) is 8.42 Å². The summed E-state index contributed by atoms with van der Waals surface area (Å²) in [4.78, 5) is 7.85. The normalized spacial score (nSPS) is 21.6. The summed E-state index contributed by atoms with van der Waals surface area (Å²) in [5, 5.41) is 30.0. The molecular weight excluding hydrogens is 823 g/mol. The van der Waals surface area contributed by atoms with Crippen LogP contribution in [0.25, 0.3) is 0 Å². The molecular formula is C55H73N7O2S. The van der Waals surface area contributed by atoms with Crippen LogP contribution in [0.2, 0.25) is 0 Å². The quantitative estimate of drug-likeness (QED) is 0.175. The minimum Gasteiger partial charge on any atom is -0.316 e. The van der Waals surface area contributed by atoms with Crippen LogP contribution in [0, 0.1) is 34.0 Å². The molecule has 4 aliphatic heterocycles. The molecule has 346 valence electrons. The fourth-order valence-corrected chi connectivity index (χ4v) is 10.5. The van der Waals surface area contributed by atoms with Crippen molar-refractivity contribution in [3.05, 3.63) is 136 Å². The first-order valence-corrected chi connectivity index (χ1v) is 26.1. The van der Waals surface area contributed by atoms with Crippen molar-refractivity contribution in [2.24, 2.45) is 0 Å². The number of likely N-dealkylation sites (N-methyl/N-ethyl adjacent to an activating group) is 1. The molecule has 0 saturated carbocycles. The molecule has 4 saturated heterocycles. The third kappa shape index (κ3) is 16.8. The van der Waals surface area contributed by atoms with Crippen LogP contribution in [0.4, 0.5) is 0 Å². The predicted molar refractivity (Wildman–Crippen MR) is 265 cm³/mol. The minimum atomic E-state index is -3.10. The first kappa shape index (κ1) is 51.1. The van der Waals surface area contributed by atoms with Crippen molar-refractivity contribution >= 4 is 9.84 Å². The number of hydrogen-bond acceptors (Lipinski definition) is 9. The van der Waals surface area contributed by atoms with Gasteiger partial charge >= 0.3 is 0 Å². The molecule has 0 unspecified atom stereocenters. The molecule has 0 amide bonds. The summed E-state index contributed by atoms with van der Waals surface area (Å²) in [7, 11) is -0.934. The van der Waals surface area contributed by atoms with Crippen molar-refractivity contribution in [2.45, 2.75) is 107 Å². The molecule has 4 atom stereocenters. The number of hydrogen-bond donors (Lipinski definition) is 1. The monoisotopic (exact) mass is 896 g/mol. The van der Waals surface area contributed by atoms with Crippen molar-refractivity contribution in [3.8, 4) is 18.2 Å². The van der Waals surface area contributed by atoms with E-state index in [9.17, 15) is 8.42 Å². The molecule has 0 bridgehead atoms. The molecule has 0 spiro atoms. The van der Waals surface area contributed by atoms with E-state index in [0.717, 1.165) is 62.4 Å². The third-order valence-corrected chi connectivity index (χ3v) is 14.3. The molecule has 9 nitrogen and oxygen atoms in total. The SMILES string of the molecule is CCCN1CCC[C@@H](c2cccc(C#N)c2)C1.CCCN1CCC[C@@H](c2cccc(S(C)(=O)=O)c2)C1.CN1CCC[C@@H](c2cccc(C#N)c2)C1.N#Cc1cccc([C@@H]2CCCNC2)c1. The van der Waals surface area contributed by atoms with Gasteiger partial charge in [-0.05, 0) is 205 Å². The molecule has 0 aliphatic carbocycles. The number of piperidine rings is 4. The second-order valence-corrected chi connectivity index (χ2v) is 20.5. The molecule has 8 rings (SSSR count). The Bertz CT molecular complexity index is 2300. The van der Waals surface area contributed by atoms with Crippen LogP contribution in [-0.2, 0) is 9.84 Å². The zero-order valence-corrected chi connectivity index (χ0v) is 40.4. The van der Waals surface area contributed by atoms with E-state index in [1.165, 1.54) is 112 Å². The van der Waals surface area contributed by atoms with Gasteiger partial charge in [0.05, 0.1) is 39.8 Å². The van der Waals surface area contributed by atoms with Crippen molar-refractivity contribution in [1.29, 1.82) is 15.8 Å². The maximum absolute atomic E-state index is 11.6. The number of rotatable bonds is 9. The van der Waals surface area contributed by atoms with Crippen LogP contribution in [0.3, 0.4) is 0 Å². The van der Waals surface area contributed by atoms with E-state index in [1.807, 2.05) is 60.7 Å². The van der Waals surface area contributed by atoms with Crippen LogP contribution < -0.4 is 5.32 Å². The minimum absolute atomic E-state index is 0.442.